The lowest BCUT2D eigenvalue weighted by atomic mass is 9.98. The van der Waals surface area contributed by atoms with E-state index in [1.165, 1.54) is 152 Å². The lowest BCUT2D eigenvalue weighted by Crippen LogP contribution is -2.11. The first-order chi connectivity index (χ1) is 38.2. The Bertz CT molecular complexity index is 2270. The molecule has 4 aromatic rings. The largest absolute Gasteiger partial charge is 0.491 e. The van der Waals surface area contributed by atoms with Gasteiger partial charge in [0, 0.05) is 53.1 Å². The molecule has 0 atom stereocenters. The number of non-ortho nitro benzene ring substituents is 3. The Morgan fingerprint density at radius 3 is 0.679 bits per heavy atom. The number of rotatable bonds is 39. The summed E-state index contributed by atoms with van der Waals surface area (Å²) in [4.78, 5) is 33.6. The van der Waals surface area contributed by atoms with Crippen molar-refractivity contribution >= 4 is 17.1 Å². The highest BCUT2D eigenvalue weighted by Gasteiger charge is 2.27. The molecule has 0 N–H and O–H groups in total. The van der Waals surface area contributed by atoms with Gasteiger partial charge in [-0.1, -0.05) is 230 Å². The number of nitrogens with zero attached hydrogens (tertiary/aromatic N) is 3. The van der Waals surface area contributed by atoms with Gasteiger partial charge in [0.15, 0.2) is 17.2 Å². The minimum atomic E-state index is -0.448. The van der Waals surface area contributed by atoms with E-state index in [9.17, 15) is 30.3 Å². The predicted molar refractivity (Wildman–Crippen MR) is 316 cm³/mol. The number of hydrogen-bond acceptors (Lipinski definition) is 9. The van der Waals surface area contributed by atoms with E-state index in [2.05, 4.69) is 56.3 Å². The summed E-state index contributed by atoms with van der Waals surface area (Å²) in [6.07, 6.45) is 34.4. The van der Waals surface area contributed by atoms with Crippen LogP contribution in [0.1, 0.15) is 247 Å². The summed E-state index contributed by atoms with van der Waals surface area (Å²) in [6.45, 7) is 7.74. The third-order valence-electron chi connectivity index (χ3n) is 13.8. The Morgan fingerprint density at radius 2 is 0.487 bits per heavy atom. The Kier molecular flexibility index (Phi) is 32.3. The zero-order valence-electron chi connectivity index (χ0n) is 47.3. The van der Waals surface area contributed by atoms with E-state index in [0.29, 0.717) is 70.4 Å². The lowest BCUT2D eigenvalue weighted by molar-refractivity contribution is -0.385. The molecule has 0 aliphatic rings. The molecule has 0 unspecified atom stereocenters. The van der Waals surface area contributed by atoms with E-state index in [-0.39, 0.29) is 17.1 Å². The van der Waals surface area contributed by atoms with Crippen molar-refractivity contribution in [2.24, 2.45) is 0 Å². The molecule has 0 bridgehead atoms. The van der Waals surface area contributed by atoms with Crippen LogP contribution in [0.3, 0.4) is 0 Å². The number of nitro benzene ring substituents is 3. The van der Waals surface area contributed by atoms with Crippen LogP contribution in [0.15, 0.2) is 72.8 Å². The third kappa shape index (κ3) is 25.1. The van der Waals surface area contributed by atoms with Gasteiger partial charge in [-0.25, -0.2) is 0 Å². The summed E-state index contributed by atoms with van der Waals surface area (Å²) in [6, 6.07) is 18.1. The monoisotopic (exact) mass is 1070 g/mol. The summed E-state index contributed by atoms with van der Waals surface area (Å²) in [5.74, 6) is 20.9. The molecule has 0 heterocycles. The molecule has 0 aliphatic heterocycles. The fourth-order valence-corrected chi connectivity index (χ4v) is 9.15. The second-order valence-corrected chi connectivity index (χ2v) is 20.4. The molecule has 0 fully saturated rings. The van der Waals surface area contributed by atoms with Crippen LogP contribution >= 0.6 is 0 Å². The lowest BCUT2D eigenvalue weighted by Gasteiger charge is -2.21. The average Bonchev–Trinajstić information content (AvgIpc) is 3.60. The van der Waals surface area contributed by atoms with E-state index < -0.39 is 14.8 Å². The van der Waals surface area contributed by atoms with Gasteiger partial charge >= 0.3 is 0 Å². The number of hydrogen-bond donors (Lipinski definition) is 0. The molecule has 4 aromatic carbocycles. The molecule has 0 aromatic heterocycles. The number of nitro groups is 3. The Hall–Kier alpha value is -6.84. The van der Waals surface area contributed by atoms with Gasteiger partial charge in [-0.2, -0.15) is 0 Å². The number of ether oxygens (including phenoxy) is 3. The molecular weight excluding hydrogens is 979 g/mol. The van der Waals surface area contributed by atoms with E-state index in [4.69, 9.17) is 14.2 Å². The fraction of sp³-hybridized carbons (Fsp3) is 0.545. The number of unbranched alkanes of at least 4 members (excludes halogenated alkanes) is 27. The number of benzene rings is 4. The molecule has 0 amide bonds. The molecule has 420 valence electrons. The third-order valence-corrected chi connectivity index (χ3v) is 13.8. The van der Waals surface area contributed by atoms with Crippen molar-refractivity contribution in [2.45, 2.75) is 213 Å². The van der Waals surface area contributed by atoms with Gasteiger partial charge in [0.1, 0.15) is 16.7 Å². The van der Waals surface area contributed by atoms with Gasteiger partial charge in [-0.15, -0.1) is 0 Å². The smallest absolute Gasteiger partial charge is 0.269 e. The van der Waals surface area contributed by atoms with Gasteiger partial charge in [-0.3, -0.25) is 30.3 Å². The van der Waals surface area contributed by atoms with Crippen LogP contribution in [0.25, 0.3) is 0 Å². The maximum Gasteiger partial charge on any atom is 0.269 e. The summed E-state index contributed by atoms with van der Waals surface area (Å²) in [5.41, 5.74) is 2.58. The highest BCUT2D eigenvalue weighted by molar-refractivity contribution is 5.76. The van der Waals surface area contributed by atoms with Crippen molar-refractivity contribution in [2.75, 3.05) is 19.8 Å². The average molecular weight is 1070 g/mol. The van der Waals surface area contributed by atoms with Gasteiger partial charge in [-0.05, 0) is 55.7 Å². The van der Waals surface area contributed by atoms with Crippen LogP contribution in [-0.4, -0.2) is 34.6 Å². The van der Waals surface area contributed by atoms with Gasteiger partial charge < -0.3 is 14.2 Å². The van der Waals surface area contributed by atoms with Crippen LogP contribution in [-0.2, 0) is 0 Å². The highest BCUT2D eigenvalue weighted by atomic mass is 16.6. The maximum absolute atomic E-state index is 11.6. The van der Waals surface area contributed by atoms with Crippen LogP contribution in [0, 0.1) is 65.9 Å². The zero-order chi connectivity index (χ0) is 55.8. The van der Waals surface area contributed by atoms with Crippen LogP contribution in [0.5, 0.6) is 17.2 Å². The van der Waals surface area contributed by atoms with Crippen molar-refractivity contribution in [3.8, 4) is 52.8 Å². The highest BCUT2D eigenvalue weighted by Crippen LogP contribution is 2.44. The summed E-state index contributed by atoms with van der Waals surface area (Å²) >= 11 is 0. The molecule has 4 rings (SSSR count). The first-order valence-electron chi connectivity index (χ1n) is 29.6. The van der Waals surface area contributed by atoms with Crippen molar-refractivity contribution in [3.63, 3.8) is 0 Å². The fourth-order valence-electron chi connectivity index (χ4n) is 9.15. The Labute approximate surface area is 466 Å². The van der Waals surface area contributed by atoms with Crippen molar-refractivity contribution < 1.29 is 29.0 Å². The van der Waals surface area contributed by atoms with E-state index >= 15 is 0 Å². The van der Waals surface area contributed by atoms with Gasteiger partial charge in [0.05, 0.1) is 34.6 Å². The molecule has 12 nitrogen and oxygen atoms in total. The summed E-state index contributed by atoms with van der Waals surface area (Å²) in [7, 11) is 0. The van der Waals surface area contributed by atoms with Crippen molar-refractivity contribution in [1.82, 2.24) is 0 Å². The normalized spacial score (nSPS) is 10.7. The molecule has 0 aliphatic carbocycles. The summed E-state index contributed by atoms with van der Waals surface area (Å²) in [5, 5.41) is 34.9. The second kappa shape index (κ2) is 39.5. The standard InChI is InChI=1S/C66H87N3O9/c1-4-7-10-13-16-19-22-25-28-31-52-76-64-61(49-40-55-34-43-58(44-35-55)67(70)71)65(77-53-32-29-26-23-20-17-14-11-8-5-2)63(51-42-57-38-47-60(48-39-57)69(74)75)66(78-54-33-30-27-24-21-18-15-12-9-6-3)62(64)50-41-56-36-45-59(46-37-56)68(72)73/h34-39,43-48H,4-33,52-54H2,1-3H3. The van der Waals surface area contributed by atoms with E-state index in [1.807, 2.05) is 0 Å². The molecule has 0 radical (unpaired) electrons. The zero-order valence-corrected chi connectivity index (χ0v) is 47.3. The van der Waals surface area contributed by atoms with Crippen molar-refractivity contribution in [3.05, 3.63) is 137 Å². The van der Waals surface area contributed by atoms with Crippen LogP contribution < -0.4 is 14.2 Å². The Morgan fingerprint density at radius 1 is 0.295 bits per heavy atom. The first-order valence-corrected chi connectivity index (χ1v) is 29.6. The topological polar surface area (TPSA) is 157 Å². The van der Waals surface area contributed by atoms with E-state index in [1.54, 1.807) is 36.4 Å². The molecule has 78 heavy (non-hydrogen) atoms. The minimum absolute atomic E-state index is 0.0573. The minimum Gasteiger partial charge on any atom is -0.491 e. The first kappa shape index (κ1) is 63.7. The van der Waals surface area contributed by atoms with Crippen LogP contribution in [0.4, 0.5) is 17.1 Å². The van der Waals surface area contributed by atoms with Crippen LogP contribution in [0.2, 0.25) is 0 Å². The SMILES string of the molecule is CCCCCCCCCCCCOc1c(C#Cc2ccc([N+](=O)[O-])cc2)c(OCCCCCCCCCCCC)c(C#Cc2ccc([N+](=O)[O-])cc2)c(OCCCCCCCCCCCC)c1C#Cc1ccc([N+](=O)[O-])cc1. The van der Waals surface area contributed by atoms with Gasteiger partial charge in [0.25, 0.3) is 17.1 Å². The maximum atomic E-state index is 11.6. The quantitative estimate of drug-likeness (QED) is 0.0184. The predicted octanol–water partition coefficient (Wildman–Crippen LogP) is 18.5. The second-order valence-electron chi connectivity index (χ2n) is 20.4. The molecular formula is C66H87N3O9. The van der Waals surface area contributed by atoms with E-state index in [0.717, 1.165) is 77.0 Å². The Balaban J connectivity index is 1.89. The molecule has 0 spiro atoms. The van der Waals surface area contributed by atoms with Gasteiger partial charge in [0.2, 0.25) is 0 Å². The molecule has 0 saturated heterocycles. The molecule has 0 saturated carbocycles. The summed E-state index contributed by atoms with van der Waals surface area (Å²) < 4.78 is 20.7. The molecule has 12 heteroatoms. The van der Waals surface area contributed by atoms with Crippen molar-refractivity contribution in [1.29, 1.82) is 0 Å².